The van der Waals surface area contributed by atoms with Crippen LogP contribution in [-0.2, 0) is 12.5 Å². The second-order valence-electron chi connectivity index (χ2n) is 10.6. The summed E-state index contributed by atoms with van der Waals surface area (Å²) in [6.07, 6.45) is -1.87. The second kappa shape index (κ2) is 13.8. The maximum absolute atomic E-state index is 15.0. The van der Waals surface area contributed by atoms with Gasteiger partial charge in [0.25, 0.3) is 0 Å². The van der Waals surface area contributed by atoms with E-state index in [1.807, 2.05) is 24.3 Å². The van der Waals surface area contributed by atoms with Crippen LogP contribution in [0, 0.1) is 17.5 Å². The van der Waals surface area contributed by atoms with E-state index >= 15 is 8.78 Å². The Hall–Kier alpha value is -5.00. The molecule has 5 rings (SSSR count). The molecule has 0 aliphatic carbocycles. The number of hydrogen-bond acceptors (Lipinski definition) is 4. The number of aryl methyl sites for hydroxylation is 1. The Morgan fingerprint density at radius 3 is 1.89 bits per heavy atom. The van der Waals surface area contributed by atoms with Crippen LogP contribution in [0.5, 0.6) is 11.5 Å². The van der Waals surface area contributed by atoms with Crippen molar-refractivity contribution >= 4 is 0 Å². The molecular weight excluding hydrogens is 632 g/mol. The number of halogens is 8. The Labute approximate surface area is 264 Å². The van der Waals surface area contributed by atoms with Gasteiger partial charge in [-0.3, -0.25) is 0 Å². The highest BCUT2D eigenvalue weighted by Gasteiger charge is 2.38. The fourth-order valence-electron chi connectivity index (χ4n) is 4.83. The zero-order valence-electron chi connectivity index (χ0n) is 24.7. The molecule has 244 valence electrons. The van der Waals surface area contributed by atoms with Gasteiger partial charge >= 0.3 is 12.5 Å². The molecule has 0 radical (unpaired) electrons. The normalized spacial score (nSPS) is 11.9. The van der Waals surface area contributed by atoms with Crippen LogP contribution in [0.15, 0.2) is 91.3 Å². The molecule has 1 heterocycles. The number of benzene rings is 4. The molecule has 0 fully saturated rings. The van der Waals surface area contributed by atoms with Crippen LogP contribution >= 0.6 is 0 Å². The van der Waals surface area contributed by atoms with Crippen molar-refractivity contribution in [1.29, 1.82) is 0 Å². The number of alkyl halides is 5. The van der Waals surface area contributed by atoms with Gasteiger partial charge in [0.15, 0.2) is 17.4 Å². The number of rotatable bonds is 11. The fraction of sp³-hybridized carbons (Fsp3) is 0.200. The molecule has 0 aliphatic rings. The molecule has 0 atom stereocenters. The summed E-state index contributed by atoms with van der Waals surface area (Å²) in [7, 11) is 0. The molecule has 0 unspecified atom stereocenters. The maximum atomic E-state index is 15.0. The van der Waals surface area contributed by atoms with Crippen molar-refractivity contribution in [2.75, 3.05) is 0 Å². The Morgan fingerprint density at radius 1 is 0.617 bits per heavy atom. The molecule has 1 aromatic heterocycles. The lowest BCUT2D eigenvalue weighted by atomic mass is 10.0. The zero-order chi connectivity index (χ0) is 33.8. The van der Waals surface area contributed by atoms with Crippen molar-refractivity contribution < 1.29 is 44.6 Å². The van der Waals surface area contributed by atoms with Crippen molar-refractivity contribution in [3.05, 3.63) is 120 Å². The third-order valence-electron chi connectivity index (χ3n) is 7.20. The van der Waals surface area contributed by atoms with Gasteiger partial charge in [-0.1, -0.05) is 56.2 Å². The molecule has 4 aromatic carbocycles. The summed E-state index contributed by atoms with van der Waals surface area (Å²) in [6.45, 7) is 2.15. The van der Waals surface area contributed by atoms with E-state index in [0.29, 0.717) is 18.2 Å². The van der Waals surface area contributed by atoms with Crippen LogP contribution in [0.1, 0.15) is 37.3 Å². The fourth-order valence-corrected chi connectivity index (χ4v) is 4.83. The number of nitrogens with zero attached hydrogens (tertiary/aromatic N) is 2. The van der Waals surface area contributed by atoms with Crippen LogP contribution in [0.4, 0.5) is 35.1 Å². The quantitative estimate of drug-likeness (QED) is 0.105. The molecule has 0 amide bonds. The number of hydrogen-bond donors (Lipinski definition) is 0. The first-order valence-electron chi connectivity index (χ1n) is 14.5. The first kappa shape index (κ1) is 33.4. The molecule has 5 aromatic rings. The second-order valence-corrected chi connectivity index (χ2v) is 10.6. The highest BCUT2D eigenvalue weighted by molar-refractivity contribution is 5.66. The summed E-state index contributed by atoms with van der Waals surface area (Å²) >= 11 is 0. The van der Waals surface area contributed by atoms with Gasteiger partial charge in [0.2, 0.25) is 0 Å². The highest BCUT2D eigenvalue weighted by Crippen LogP contribution is 2.37. The van der Waals surface area contributed by atoms with E-state index in [1.165, 1.54) is 11.6 Å². The van der Waals surface area contributed by atoms with Gasteiger partial charge < -0.3 is 9.47 Å². The monoisotopic (exact) mass is 658 g/mol. The van der Waals surface area contributed by atoms with Crippen LogP contribution in [-0.4, -0.2) is 16.3 Å². The first-order chi connectivity index (χ1) is 22.3. The smallest absolute Gasteiger partial charge is 0.429 e. The number of aromatic nitrogens is 2. The van der Waals surface area contributed by atoms with Crippen molar-refractivity contribution in [1.82, 2.24) is 9.97 Å². The largest absolute Gasteiger partial charge is 0.573 e. The van der Waals surface area contributed by atoms with E-state index in [4.69, 9.17) is 0 Å². The highest BCUT2D eigenvalue weighted by atomic mass is 19.4. The summed E-state index contributed by atoms with van der Waals surface area (Å²) in [5.74, 6) is -5.61. The molecule has 0 aliphatic heterocycles. The van der Waals surface area contributed by atoms with E-state index in [0.717, 1.165) is 67.1 Å². The van der Waals surface area contributed by atoms with Crippen molar-refractivity contribution in [3.8, 4) is 45.1 Å². The third kappa shape index (κ3) is 8.24. The lowest BCUT2D eigenvalue weighted by Gasteiger charge is -2.19. The average molecular weight is 659 g/mol. The number of unbranched alkanes of at least 4 members (excludes halogenated alkanes) is 2. The minimum Gasteiger partial charge on any atom is -0.429 e. The topological polar surface area (TPSA) is 44.2 Å². The van der Waals surface area contributed by atoms with Gasteiger partial charge in [0.05, 0.1) is 5.56 Å². The Bertz CT molecular complexity index is 1840. The van der Waals surface area contributed by atoms with E-state index in [9.17, 15) is 26.3 Å². The predicted molar refractivity (Wildman–Crippen MR) is 159 cm³/mol. The van der Waals surface area contributed by atoms with Gasteiger partial charge in [-0.15, -0.1) is 13.2 Å². The molecule has 4 nitrogen and oxygen atoms in total. The summed E-state index contributed by atoms with van der Waals surface area (Å²) in [4.78, 5) is 8.52. The zero-order valence-corrected chi connectivity index (χ0v) is 24.7. The van der Waals surface area contributed by atoms with E-state index in [2.05, 4.69) is 26.4 Å². The van der Waals surface area contributed by atoms with Gasteiger partial charge in [0.1, 0.15) is 17.4 Å². The molecule has 47 heavy (non-hydrogen) atoms. The van der Waals surface area contributed by atoms with Gasteiger partial charge in [-0.25, -0.2) is 23.1 Å². The van der Waals surface area contributed by atoms with Crippen LogP contribution in [0.3, 0.4) is 0 Å². The molecule has 0 saturated carbocycles. The first-order valence-corrected chi connectivity index (χ1v) is 14.5. The molecular formula is C35H26F8N2O2. The predicted octanol–water partition coefficient (Wildman–Crippen LogP) is 10.7. The summed E-state index contributed by atoms with van der Waals surface area (Å²) in [5, 5.41) is 0. The van der Waals surface area contributed by atoms with Crippen LogP contribution in [0.25, 0.3) is 33.6 Å². The lowest BCUT2D eigenvalue weighted by Crippen LogP contribution is -2.23. The minimum atomic E-state index is -5.14. The lowest BCUT2D eigenvalue weighted by molar-refractivity contribution is -0.275. The van der Waals surface area contributed by atoms with Gasteiger partial charge in [-0.2, -0.15) is 8.78 Å². The Kier molecular flexibility index (Phi) is 9.78. The summed E-state index contributed by atoms with van der Waals surface area (Å²) in [6, 6.07) is 15.5. The Morgan fingerprint density at radius 2 is 1.28 bits per heavy atom. The third-order valence-corrected chi connectivity index (χ3v) is 7.20. The molecule has 0 bridgehead atoms. The SMILES string of the molecule is CCCCCc1ccc(-c2cnc(-c3ccc(C(F)(F)Oc4ccc(-c5ccc(OC(F)(F)F)c(F)c5)c(F)c4)c(F)c3)nc2)cc1. The van der Waals surface area contributed by atoms with E-state index < -0.39 is 47.0 Å². The van der Waals surface area contributed by atoms with Crippen molar-refractivity contribution in [3.63, 3.8) is 0 Å². The minimum absolute atomic E-state index is 0.103. The Balaban J connectivity index is 1.27. The number of ether oxygens (including phenoxy) is 2. The van der Waals surface area contributed by atoms with Crippen LogP contribution < -0.4 is 9.47 Å². The standard InChI is InChI=1S/C35H26F8N2O2/c1-2-3-4-5-21-6-8-22(9-7-21)25-19-44-33(45-20-25)24-10-14-28(30(37)17-24)34(39,40)46-26-12-13-27(29(36)18-26)23-11-15-32(31(38)16-23)47-35(41,42)43/h6-20H,2-5H2,1H3. The molecule has 0 N–H and O–H groups in total. The summed E-state index contributed by atoms with van der Waals surface area (Å²) < 4.78 is 119. The average Bonchev–Trinajstić information content (AvgIpc) is 3.02. The van der Waals surface area contributed by atoms with Crippen LogP contribution in [0.2, 0.25) is 0 Å². The summed E-state index contributed by atoms with van der Waals surface area (Å²) in [5.41, 5.74) is 1.32. The van der Waals surface area contributed by atoms with E-state index in [1.54, 1.807) is 12.4 Å². The van der Waals surface area contributed by atoms with E-state index in [-0.39, 0.29) is 22.5 Å². The van der Waals surface area contributed by atoms with Crippen molar-refractivity contribution in [2.45, 2.75) is 45.1 Å². The molecule has 0 saturated heterocycles. The molecule has 12 heteroatoms. The van der Waals surface area contributed by atoms with Crippen molar-refractivity contribution in [2.24, 2.45) is 0 Å². The molecule has 0 spiro atoms. The van der Waals surface area contributed by atoms with Gasteiger partial charge in [-0.05, 0) is 65.9 Å². The van der Waals surface area contributed by atoms with Gasteiger partial charge in [0, 0.05) is 35.2 Å². The maximum Gasteiger partial charge on any atom is 0.573 e.